The molecule has 1 fully saturated rings. The number of fused-ring (bicyclic) bond motifs is 3. The van der Waals surface area contributed by atoms with Gasteiger partial charge in [0.1, 0.15) is 5.75 Å². The molecule has 0 aromatic heterocycles. The monoisotopic (exact) mass is 288 g/mol. The van der Waals surface area contributed by atoms with Gasteiger partial charge in [0.15, 0.2) is 0 Å². The van der Waals surface area contributed by atoms with Crippen LogP contribution in [0.4, 0.5) is 0 Å². The summed E-state index contributed by atoms with van der Waals surface area (Å²) in [7, 11) is 1.40. The number of benzene rings is 1. The van der Waals surface area contributed by atoms with Crippen molar-refractivity contribution in [3.8, 4) is 5.75 Å². The normalized spacial score (nSPS) is 24.0. The van der Waals surface area contributed by atoms with Crippen LogP contribution in [-0.2, 0) is 16.0 Å². The standard InChI is InChI=1S/C17H20O4/c1-8-6-12(21-9(2)18)14-10(13(8)16(19)20-5)7-11-15(14)17(11,3)4/h6,11,15H,7H2,1-5H3/t11-,15-/m1/s1. The van der Waals surface area contributed by atoms with Crippen molar-refractivity contribution in [3.63, 3.8) is 0 Å². The Kier molecular flexibility index (Phi) is 2.91. The van der Waals surface area contributed by atoms with Crippen molar-refractivity contribution in [1.82, 2.24) is 0 Å². The molecule has 0 heterocycles. The first-order valence-corrected chi connectivity index (χ1v) is 7.22. The van der Waals surface area contributed by atoms with Crippen LogP contribution in [0.25, 0.3) is 0 Å². The van der Waals surface area contributed by atoms with E-state index in [9.17, 15) is 9.59 Å². The highest BCUT2D eigenvalue weighted by molar-refractivity contribution is 5.94. The summed E-state index contributed by atoms with van der Waals surface area (Å²) in [6.07, 6.45) is 0.855. The minimum Gasteiger partial charge on any atom is -0.465 e. The summed E-state index contributed by atoms with van der Waals surface area (Å²) in [6, 6.07) is 1.79. The molecule has 2 atom stereocenters. The molecule has 21 heavy (non-hydrogen) atoms. The third-order valence-electron chi connectivity index (χ3n) is 5.06. The molecule has 3 rings (SSSR count). The van der Waals surface area contributed by atoms with Crippen LogP contribution in [0.1, 0.15) is 53.7 Å². The number of carbonyl (C=O) groups excluding carboxylic acids is 2. The maximum Gasteiger partial charge on any atom is 0.338 e. The van der Waals surface area contributed by atoms with Crippen molar-refractivity contribution >= 4 is 11.9 Å². The Hall–Kier alpha value is -1.84. The van der Waals surface area contributed by atoms with Crippen molar-refractivity contribution in [3.05, 3.63) is 28.3 Å². The van der Waals surface area contributed by atoms with Gasteiger partial charge in [-0.15, -0.1) is 0 Å². The lowest BCUT2D eigenvalue weighted by Crippen LogP contribution is -2.14. The Morgan fingerprint density at radius 3 is 2.57 bits per heavy atom. The van der Waals surface area contributed by atoms with Gasteiger partial charge in [-0.2, -0.15) is 0 Å². The maximum atomic E-state index is 12.1. The average Bonchev–Trinajstić information content (AvgIpc) is 2.75. The fraction of sp³-hybridized carbons (Fsp3) is 0.529. The molecule has 1 aromatic rings. The second-order valence-electron chi connectivity index (χ2n) is 6.65. The van der Waals surface area contributed by atoms with Crippen molar-refractivity contribution < 1.29 is 19.1 Å². The fourth-order valence-electron chi connectivity index (χ4n) is 3.96. The van der Waals surface area contributed by atoms with E-state index >= 15 is 0 Å². The summed E-state index contributed by atoms with van der Waals surface area (Å²) in [4.78, 5) is 23.4. The highest BCUT2D eigenvalue weighted by Gasteiger charge is 2.63. The van der Waals surface area contributed by atoms with Gasteiger partial charge >= 0.3 is 11.9 Å². The molecule has 0 saturated heterocycles. The van der Waals surface area contributed by atoms with Crippen molar-refractivity contribution in [2.45, 2.75) is 40.0 Å². The molecule has 1 saturated carbocycles. The zero-order valence-corrected chi connectivity index (χ0v) is 13.1. The van der Waals surface area contributed by atoms with E-state index in [0.29, 0.717) is 23.1 Å². The summed E-state index contributed by atoms with van der Waals surface area (Å²) in [5.41, 5.74) is 3.70. The van der Waals surface area contributed by atoms with E-state index in [0.717, 1.165) is 23.1 Å². The van der Waals surface area contributed by atoms with Gasteiger partial charge in [0.05, 0.1) is 12.7 Å². The van der Waals surface area contributed by atoms with Gasteiger partial charge in [-0.1, -0.05) is 13.8 Å². The number of carbonyl (C=O) groups is 2. The lowest BCUT2D eigenvalue weighted by molar-refractivity contribution is -0.131. The largest absolute Gasteiger partial charge is 0.465 e. The van der Waals surface area contributed by atoms with Crippen LogP contribution >= 0.6 is 0 Å². The number of ether oxygens (including phenoxy) is 2. The minimum atomic E-state index is -0.329. The van der Waals surface area contributed by atoms with Crippen LogP contribution < -0.4 is 4.74 Å². The number of rotatable bonds is 2. The molecule has 2 aliphatic rings. The van der Waals surface area contributed by atoms with Gasteiger partial charge in [-0.3, -0.25) is 4.79 Å². The number of hydrogen-bond acceptors (Lipinski definition) is 4. The second kappa shape index (κ2) is 4.33. The van der Waals surface area contributed by atoms with Gasteiger partial charge in [0, 0.05) is 12.5 Å². The lowest BCUT2D eigenvalue weighted by atomic mass is 9.89. The van der Waals surface area contributed by atoms with Crippen LogP contribution in [0.15, 0.2) is 6.07 Å². The predicted molar refractivity (Wildman–Crippen MR) is 77.5 cm³/mol. The van der Waals surface area contributed by atoms with Gasteiger partial charge in [0.25, 0.3) is 0 Å². The van der Waals surface area contributed by atoms with E-state index in [1.807, 2.05) is 6.92 Å². The maximum absolute atomic E-state index is 12.1. The molecule has 0 spiro atoms. The number of methoxy groups -OCH3 is 1. The second-order valence-corrected chi connectivity index (χ2v) is 6.65. The Balaban J connectivity index is 2.18. The van der Waals surface area contributed by atoms with Crippen LogP contribution in [0.5, 0.6) is 5.75 Å². The molecular weight excluding hydrogens is 268 g/mol. The van der Waals surface area contributed by atoms with Gasteiger partial charge in [-0.25, -0.2) is 4.79 Å². The van der Waals surface area contributed by atoms with Gasteiger partial charge in [-0.05, 0) is 47.8 Å². The molecule has 0 aliphatic heterocycles. The molecular formula is C17H20O4. The van der Waals surface area contributed by atoms with Crippen molar-refractivity contribution in [2.24, 2.45) is 11.3 Å². The smallest absolute Gasteiger partial charge is 0.338 e. The number of aryl methyl sites for hydroxylation is 1. The minimum absolute atomic E-state index is 0.213. The molecule has 112 valence electrons. The SMILES string of the molecule is COC(=O)c1c(C)cc(OC(C)=O)c2c1C[C@@H]1[C@H]2C1(C)C. The van der Waals surface area contributed by atoms with E-state index < -0.39 is 0 Å². The molecule has 0 bridgehead atoms. The number of esters is 2. The van der Waals surface area contributed by atoms with E-state index in [1.54, 1.807) is 6.07 Å². The van der Waals surface area contributed by atoms with Crippen LogP contribution in [0, 0.1) is 18.3 Å². The zero-order chi connectivity index (χ0) is 15.5. The van der Waals surface area contributed by atoms with E-state index in [4.69, 9.17) is 9.47 Å². The van der Waals surface area contributed by atoms with Crippen molar-refractivity contribution in [1.29, 1.82) is 0 Å². The van der Waals surface area contributed by atoms with Crippen LogP contribution in [-0.4, -0.2) is 19.0 Å². The Bertz CT molecular complexity index is 657. The van der Waals surface area contributed by atoms with E-state index in [1.165, 1.54) is 14.0 Å². The highest BCUT2D eigenvalue weighted by Crippen LogP contribution is 2.72. The highest BCUT2D eigenvalue weighted by atomic mass is 16.5. The van der Waals surface area contributed by atoms with Gasteiger partial charge in [0.2, 0.25) is 0 Å². The Labute approximate surface area is 124 Å². The molecule has 0 amide bonds. The average molecular weight is 288 g/mol. The van der Waals surface area contributed by atoms with Gasteiger partial charge < -0.3 is 9.47 Å². The molecule has 0 radical (unpaired) electrons. The summed E-state index contributed by atoms with van der Waals surface area (Å²) in [5.74, 6) is 0.861. The first kappa shape index (κ1) is 14.1. The van der Waals surface area contributed by atoms with E-state index in [-0.39, 0.29) is 17.4 Å². The first-order valence-electron chi connectivity index (χ1n) is 7.22. The fourth-order valence-corrected chi connectivity index (χ4v) is 3.96. The predicted octanol–water partition coefficient (Wildman–Crippen LogP) is 3.00. The lowest BCUT2D eigenvalue weighted by Gasteiger charge is -2.19. The Morgan fingerprint density at radius 1 is 1.33 bits per heavy atom. The first-order chi connectivity index (χ1) is 9.78. The summed E-state index contributed by atoms with van der Waals surface area (Å²) in [5, 5.41) is 0. The third kappa shape index (κ3) is 1.88. The zero-order valence-electron chi connectivity index (χ0n) is 13.1. The topological polar surface area (TPSA) is 52.6 Å². The molecule has 1 aromatic carbocycles. The summed E-state index contributed by atoms with van der Waals surface area (Å²) in [6.45, 7) is 7.70. The van der Waals surface area contributed by atoms with Crippen LogP contribution in [0.2, 0.25) is 0 Å². The molecule has 4 heteroatoms. The third-order valence-corrected chi connectivity index (χ3v) is 5.06. The molecule has 2 aliphatic carbocycles. The summed E-state index contributed by atoms with van der Waals surface area (Å²) < 4.78 is 10.3. The number of hydrogen-bond donors (Lipinski definition) is 0. The summed E-state index contributed by atoms with van der Waals surface area (Å²) >= 11 is 0. The van der Waals surface area contributed by atoms with E-state index in [2.05, 4.69) is 13.8 Å². The quantitative estimate of drug-likeness (QED) is 0.620. The van der Waals surface area contributed by atoms with Crippen molar-refractivity contribution in [2.75, 3.05) is 7.11 Å². The molecule has 4 nitrogen and oxygen atoms in total. The Morgan fingerprint density at radius 2 is 2.00 bits per heavy atom. The molecule has 0 unspecified atom stereocenters. The van der Waals surface area contributed by atoms with Crippen LogP contribution in [0.3, 0.4) is 0 Å². The molecule has 0 N–H and O–H groups in total.